The van der Waals surface area contributed by atoms with Gasteiger partial charge < -0.3 is 9.84 Å². The summed E-state index contributed by atoms with van der Waals surface area (Å²) in [6.45, 7) is 2.99. The normalized spacial score (nSPS) is 23.9. The number of unbranched alkanes of at least 4 members (excludes halogenated alkanes) is 1. The molecule has 1 aromatic rings. The molecule has 0 heterocycles. The van der Waals surface area contributed by atoms with Gasteiger partial charge in [0.1, 0.15) is 5.75 Å². The molecule has 18 heavy (non-hydrogen) atoms. The van der Waals surface area contributed by atoms with Crippen molar-refractivity contribution >= 4 is 0 Å². The maximum Gasteiger partial charge on any atom is 0.122 e. The van der Waals surface area contributed by atoms with Crippen LogP contribution in [0.1, 0.15) is 56.9 Å². The highest BCUT2D eigenvalue weighted by Crippen LogP contribution is 2.37. The van der Waals surface area contributed by atoms with E-state index in [4.69, 9.17) is 4.74 Å². The number of rotatable bonds is 5. The van der Waals surface area contributed by atoms with Crippen molar-refractivity contribution in [2.75, 3.05) is 6.61 Å². The molecule has 1 N–H and O–H groups in total. The summed E-state index contributed by atoms with van der Waals surface area (Å²) in [5, 5.41) is 9.59. The zero-order valence-electron chi connectivity index (χ0n) is 11.3. The van der Waals surface area contributed by atoms with Crippen LogP contribution in [0.15, 0.2) is 24.3 Å². The minimum absolute atomic E-state index is 0.0885. The minimum Gasteiger partial charge on any atom is -0.493 e. The van der Waals surface area contributed by atoms with Gasteiger partial charge in [-0.1, -0.05) is 31.5 Å². The van der Waals surface area contributed by atoms with Crippen molar-refractivity contribution in [2.24, 2.45) is 0 Å². The highest BCUT2D eigenvalue weighted by atomic mass is 16.5. The van der Waals surface area contributed by atoms with Crippen LogP contribution in [0.25, 0.3) is 0 Å². The highest BCUT2D eigenvalue weighted by Gasteiger charge is 2.22. The van der Waals surface area contributed by atoms with Crippen LogP contribution >= 0.6 is 0 Å². The van der Waals surface area contributed by atoms with E-state index in [1.54, 1.807) is 0 Å². The summed E-state index contributed by atoms with van der Waals surface area (Å²) < 4.78 is 5.90. The number of hydrogen-bond acceptors (Lipinski definition) is 2. The van der Waals surface area contributed by atoms with Crippen LogP contribution in [-0.4, -0.2) is 17.8 Å². The topological polar surface area (TPSA) is 29.5 Å². The molecule has 0 aliphatic heterocycles. The van der Waals surface area contributed by atoms with E-state index in [1.807, 2.05) is 6.07 Å². The van der Waals surface area contributed by atoms with E-state index in [1.165, 1.54) is 5.56 Å². The molecular weight excluding hydrogens is 224 g/mol. The molecule has 0 unspecified atom stereocenters. The fraction of sp³-hybridized carbons (Fsp3) is 0.625. The molecule has 0 saturated heterocycles. The summed E-state index contributed by atoms with van der Waals surface area (Å²) in [4.78, 5) is 0. The Bertz CT molecular complexity index is 354. The van der Waals surface area contributed by atoms with Crippen molar-refractivity contribution in [1.29, 1.82) is 0 Å². The fourth-order valence-electron chi connectivity index (χ4n) is 2.66. The van der Waals surface area contributed by atoms with Gasteiger partial charge in [0, 0.05) is 0 Å². The summed E-state index contributed by atoms with van der Waals surface area (Å²) in [7, 11) is 0. The average Bonchev–Trinajstić information content (AvgIpc) is 2.41. The average molecular weight is 248 g/mol. The van der Waals surface area contributed by atoms with Crippen LogP contribution in [0.3, 0.4) is 0 Å². The molecule has 1 aliphatic carbocycles. The van der Waals surface area contributed by atoms with E-state index >= 15 is 0 Å². The largest absolute Gasteiger partial charge is 0.493 e. The Balaban J connectivity index is 2.02. The maximum atomic E-state index is 9.59. The van der Waals surface area contributed by atoms with Crippen LogP contribution in [-0.2, 0) is 0 Å². The predicted molar refractivity (Wildman–Crippen MR) is 74.1 cm³/mol. The van der Waals surface area contributed by atoms with Gasteiger partial charge >= 0.3 is 0 Å². The highest BCUT2D eigenvalue weighted by molar-refractivity contribution is 5.36. The minimum atomic E-state index is -0.0885. The molecule has 0 bridgehead atoms. The molecule has 2 nitrogen and oxygen atoms in total. The Morgan fingerprint density at radius 2 is 1.89 bits per heavy atom. The zero-order valence-corrected chi connectivity index (χ0v) is 11.3. The first-order chi connectivity index (χ1) is 8.81. The van der Waals surface area contributed by atoms with Gasteiger partial charge in [-0.25, -0.2) is 0 Å². The number of para-hydroxylation sites is 1. The molecule has 0 radical (unpaired) electrons. The first-order valence-corrected chi connectivity index (χ1v) is 7.21. The molecule has 2 rings (SSSR count). The van der Waals surface area contributed by atoms with Crippen LogP contribution in [0.2, 0.25) is 0 Å². The number of aliphatic hydroxyl groups is 1. The lowest BCUT2D eigenvalue weighted by Crippen LogP contribution is -2.17. The molecule has 1 fully saturated rings. The van der Waals surface area contributed by atoms with Crippen LogP contribution in [0.5, 0.6) is 5.75 Å². The summed E-state index contributed by atoms with van der Waals surface area (Å²) in [6, 6.07) is 8.40. The first-order valence-electron chi connectivity index (χ1n) is 7.21. The lowest BCUT2D eigenvalue weighted by Gasteiger charge is -2.27. The van der Waals surface area contributed by atoms with Crippen LogP contribution in [0, 0.1) is 0 Å². The Hall–Kier alpha value is -1.02. The van der Waals surface area contributed by atoms with Gasteiger partial charge in [0.2, 0.25) is 0 Å². The first kappa shape index (κ1) is 13.4. The Morgan fingerprint density at radius 3 is 2.61 bits per heavy atom. The second kappa shape index (κ2) is 6.79. The van der Waals surface area contributed by atoms with Gasteiger partial charge in [-0.3, -0.25) is 0 Å². The smallest absolute Gasteiger partial charge is 0.122 e. The molecule has 1 aromatic carbocycles. The van der Waals surface area contributed by atoms with Gasteiger partial charge in [0.05, 0.1) is 12.7 Å². The monoisotopic (exact) mass is 248 g/mol. The fourth-order valence-corrected chi connectivity index (χ4v) is 2.66. The standard InChI is InChI=1S/C16H24O2/c1-2-3-12-18-16-7-5-4-6-15(16)13-8-10-14(17)11-9-13/h4-7,13-14,17H,2-3,8-12H2,1H3. The maximum absolute atomic E-state index is 9.59. The molecule has 1 aliphatic rings. The van der Waals surface area contributed by atoms with Crippen molar-refractivity contribution in [2.45, 2.75) is 57.5 Å². The number of hydrogen-bond donors (Lipinski definition) is 1. The lowest BCUT2D eigenvalue weighted by atomic mass is 9.82. The van der Waals surface area contributed by atoms with Crippen molar-refractivity contribution in [1.82, 2.24) is 0 Å². The Morgan fingerprint density at radius 1 is 1.17 bits per heavy atom. The molecule has 1 saturated carbocycles. The van der Waals surface area contributed by atoms with E-state index in [2.05, 4.69) is 25.1 Å². The zero-order chi connectivity index (χ0) is 12.8. The number of benzene rings is 1. The van der Waals surface area contributed by atoms with E-state index in [9.17, 15) is 5.11 Å². The van der Waals surface area contributed by atoms with Crippen molar-refractivity contribution in [3.63, 3.8) is 0 Å². The summed E-state index contributed by atoms with van der Waals surface area (Å²) >= 11 is 0. The third-order valence-corrected chi connectivity index (χ3v) is 3.81. The molecule has 0 aromatic heterocycles. The Labute approximate surface area is 110 Å². The van der Waals surface area contributed by atoms with Gasteiger partial charge in [0.15, 0.2) is 0 Å². The van der Waals surface area contributed by atoms with Gasteiger partial charge in [-0.2, -0.15) is 0 Å². The molecule has 0 amide bonds. The molecule has 0 spiro atoms. The summed E-state index contributed by atoms with van der Waals surface area (Å²) in [6.07, 6.45) is 6.19. The molecule has 2 heteroatoms. The quantitative estimate of drug-likeness (QED) is 0.801. The van der Waals surface area contributed by atoms with E-state index < -0.39 is 0 Å². The number of ether oxygens (including phenoxy) is 1. The van der Waals surface area contributed by atoms with Crippen molar-refractivity contribution in [3.8, 4) is 5.75 Å². The molecular formula is C16H24O2. The van der Waals surface area contributed by atoms with E-state index in [0.29, 0.717) is 5.92 Å². The van der Waals surface area contributed by atoms with Gasteiger partial charge in [-0.15, -0.1) is 0 Å². The Kier molecular flexibility index (Phi) is 5.06. The van der Waals surface area contributed by atoms with Crippen LogP contribution < -0.4 is 4.74 Å². The summed E-state index contributed by atoms with van der Waals surface area (Å²) in [5.41, 5.74) is 1.33. The predicted octanol–water partition coefficient (Wildman–Crippen LogP) is 3.88. The SMILES string of the molecule is CCCCOc1ccccc1C1CCC(O)CC1. The second-order valence-electron chi connectivity index (χ2n) is 5.25. The molecule has 100 valence electrons. The third kappa shape index (κ3) is 3.49. The lowest BCUT2D eigenvalue weighted by molar-refractivity contribution is 0.122. The molecule has 0 atom stereocenters. The van der Waals surface area contributed by atoms with Crippen molar-refractivity contribution in [3.05, 3.63) is 29.8 Å². The summed E-state index contributed by atoms with van der Waals surface area (Å²) in [5.74, 6) is 1.61. The van der Waals surface area contributed by atoms with Crippen molar-refractivity contribution < 1.29 is 9.84 Å². The van der Waals surface area contributed by atoms with Gasteiger partial charge in [0.25, 0.3) is 0 Å². The van der Waals surface area contributed by atoms with Gasteiger partial charge in [-0.05, 0) is 49.7 Å². The van der Waals surface area contributed by atoms with Crippen LogP contribution in [0.4, 0.5) is 0 Å². The van der Waals surface area contributed by atoms with E-state index in [0.717, 1.165) is 50.9 Å². The third-order valence-electron chi connectivity index (χ3n) is 3.81. The number of aliphatic hydroxyl groups excluding tert-OH is 1. The van der Waals surface area contributed by atoms with E-state index in [-0.39, 0.29) is 6.10 Å². The second-order valence-corrected chi connectivity index (χ2v) is 5.25.